The van der Waals surface area contributed by atoms with Crippen molar-refractivity contribution in [3.63, 3.8) is 0 Å². The second kappa shape index (κ2) is 5.88. The first-order chi connectivity index (χ1) is 10.9. The van der Waals surface area contributed by atoms with Crippen molar-refractivity contribution in [2.75, 3.05) is 4.90 Å². The van der Waals surface area contributed by atoms with Gasteiger partial charge in [-0.05, 0) is 31.9 Å². The molecule has 2 unspecified atom stereocenters. The highest BCUT2D eigenvalue weighted by atomic mass is 32.2. The SMILES string of the molecule is CC(CCC(=O)O)NC(=O)C12CCC(=O)N1c1ccccc1S2. The zero-order chi connectivity index (χ0) is 16.6. The maximum absolute atomic E-state index is 12.8. The summed E-state index contributed by atoms with van der Waals surface area (Å²) in [5, 5.41) is 11.6. The molecule has 1 fully saturated rings. The van der Waals surface area contributed by atoms with Crippen molar-refractivity contribution in [3.05, 3.63) is 24.3 Å². The Labute approximate surface area is 138 Å². The minimum absolute atomic E-state index is 0.00442. The number of carbonyl (C=O) groups excluding carboxylic acids is 2. The Bertz CT molecular complexity index is 678. The summed E-state index contributed by atoms with van der Waals surface area (Å²) in [5.74, 6) is -1.15. The van der Waals surface area contributed by atoms with Crippen LogP contribution in [-0.4, -0.2) is 33.8 Å². The topological polar surface area (TPSA) is 86.7 Å². The lowest BCUT2D eigenvalue weighted by atomic mass is 10.1. The minimum Gasteiger partial charge on any atom is -0.481 e. The van der Waals surface area contributed by atoms with Crippen LogP contribution < -0.4 is 10.2 Å². The molecule has 0 bridgehead atoms. The standard InChI is InChI=1S/C16H18N2O4S/c1-10(6-7-14(20)21)17-15(22)16-9-8-13(19)18(16)11-4-2-3-5-12(11)23-16/h2-5,10H,6-9H2,1H3,(H,17,22)(H,20,21). The first-order valence-corrected chi connectivity index (χ1v) is 8.39. The van der Waals surface area contributed by atoms with Crippen LogP contribution in [0.2, 0.25) is 0 Å². The predicted molar refractivity (Wildman–Crippen MR) is 86.2 cm³/mol. The van der Waals surface area contributed by atoms with Gasteiger partial charge in [-0.15, -0.1) is 0 Å². The van der Waals surface area contributed by atoms with E-state index in [0.29, 0.717) is 19.3 Å². The van der Waals surface area contributed by atoms with E-state index in [0.717, 1.165) is 10.6 Å². The van der Waals surface area contributed by atoms with Crippen molar-refractivity contribution >= 4 is 35.2 Å². The lowest BCUT2D eigenvalue weighted by molar-refractivity contribution is -0.137. The van der Waals surface area contributed by atoms with Crippen molar-refractivity contribution in [2.24, 2.45) is 0 Å². The maximum atomic E-state index is 12.8. The van der Waals surface area contributed by atoms with E-state index < -0.39 is 10.8 Å². The highest BCUT2D eigenvalue weighted by Gasteiger charge is 2.57. The highest BCUT2D eigenvalue weighted by molar-refractivity contribution is 8.02. The third-order valence-electron chi connectivity index (χ3n) is 4.20. The van der Waals surface area contributed by atoms with Crippen LogP contribution in [0, 0.1) is 0 Å². The summed E-state index contributed by atoms with van der Waals surface area (Å²) in [7, 11) is 0. The second-order valence-electron chi connectivity index (χ2n) is 5.89. The van der Waals surface area contributed by atoms with Crippen LogP contribution in [0.3, 0.4) is 0 Å². The molecule has 2 aliphatic rings. The van der Waals surface area contributed by atoms with E-state index in [-0.39, 0.29) is 24.3 Å². The summed E-state index contributed by atoms with van der Waals surface area (Å²) in [4.78, 5) is 37.4. The van der Waals surface area contributed by atoms with E-state index in [9.17, 15) is 14.4 Å². The number of para-hydroxylation sites is 1. The molecule has 0 spiro atoms. The molecule has 122 valence electrons. The van der Waals surface area contributed by atoms with Crippen LogP contribution >= 0.6 is 11.8 Å². The van der Waals surface area contributed by atoms with E-state index >= 15 is 0 Å². The molecule has 2 N–H and O–H groups in total. The third-order valence-corrected chi connectivity index (χ3v) is 5.67. The number of carbonyl (C=O) groups is 3. The number of thioether (sulfide) groups is 1. The fraction of sp³-hybridized carbons (Fsp3) is 0.438. The van der Waals surface area contributed by atoms with Gasteiger partial charge in [0, 0.05) is 23.8 Å². The van der Waals surface area contributed by atoms with Crippen LogP contribution in [0.15, 0.2) is 29.2 Å². The number of hydrogen-bond acceptors (Lipinski definition) is 4. The number of rotatable bonds is 5. The molecule has 0 aliphatic carbocycles. The van der Waals surface area contributed by atoms with Gasteiger partial charge in [0.15, 0.2) is 4.87 Å². The van der Waals surface area contributed by atoms with Crippen molar-refractivity contribution < 1.29 is 19.5 Å². The fourth-order valence-electron chi connectivity index (χ4n) is 3.05. The number of fused-ring (bicyclic) bond motifs is 3. The zero-order valence-corrected chi connectivity index (χ0v) is 13.6. The molecule has 0 aromatic heterocycles. The van der Waals surface area contributed by atoms with Crippen LogP contribution in [0.1, 0.15) is 32.6 Å². The molecule has 1 aromatic rings. The van der Waals surface area contributed by atoms with Crippen molar-refractivity contribution in [1.82, 2.24) is 5.32 Å². The molecule has 1 aromatic carbocycles. The Morgan fingerprint density at radius 3 is 2.91 bits per heavy atom. The molecule has 0 saturated carbocycles. The smallest absolute Gasteiger partial charge is 0.303 e. The van der Waals surface area contributed by atoms with Gasteiger partial charge in [0.25, 0.3) is 5.91 Å². The molecule has 2 aliphatic heterocycles. The fourth-order valence-corrected chi connectivity index (χ4v) is 4.47. The van der Waals surface area contributed by atoms with Gasteiger partial charge in [-0.25, -0.2) is 0 Å². The van der Waals surface area contributed by atoms with E-state index in [1.807, 2.05) is 24.3 Å². The largest absolute Gasteiger partial charge is 0.481 e. The molecule has 2 atom stereocenters. The molecular weight excluding hydrogens is 316 g/mol. The summed E-state index contributed by atoms with van der Waals surface area (Å²) in [5.41, 5.74) is 0.785. The maximum Gasteiger partial charge on any atom is 0.303 e. The number of aliphatic carboxylic acids is 1. The first-order valence-electron chi connectivity index (χ1n) is 7.58. The summed E-state index contributed by atoms with van der Waals surface area (Å²) in [6.45, 7) is 1.78. The summed E-state index contributed by atoms with van der Waals surface area (Å²) in [6.07, 6.45) is 1.17. The zero-order valence-electron chi connectivity index (χ0n) is 12.7. The molecular formula is C16H18N2O4S. The number of nitrogens with one attached hydrogen (secondary N) is 1. The number of nitrogens with zero attached hydrogens (tertiary/aromatic N) is 1. The number of anilines is 1. The molecule has 3 rings (SSSR count). The Hall–Kier alpha value is -2.02. The van der Waals surface area contributed by atoms with Gasteiger partial charge in [0.2, 0.25) is 5.91 Å². The van der Waals surface area contributed by atoms with Gasteiger partial charge in [0.05, 0.1) is 5.69 Å². The van der Waals surface area contributed by atoms with Crippen LogP contribution in [-0.2, 0) is 14.4 Å². The quantitative estimate of drug-likeness (QED) is 0.860. The first kappa shape index (κ1) is 15.9. The number of hydrogen-bond donors (Lipinski definition) is 2. The second-order valence-corrected chi connectivity index (χ2v) is 7.21. The van der Waals surface area contributed by atoms with Crippen LogP contribution in [0.25, 0.3) is 0 Å². The Kier molecular flexibility index (Phi) is 4.06. The van der Waals surface area contributed by atoms with Crippen molar-refractivity contribution in [2.45, 2.75) is 48.4 Å². The van der Waals surface area contributed by atoms with Crippen LogP contribution in [0.4, 0.5) is 5.69 Å². The van der Waals surface area contributed by atoms with Gasteiger partial charge >= 0.3 is 5.97 Å². The van der Waals surface area contributed by atoms with Gasteiger partial charge in [-0.2, -0.15) is 0 Å². The molecule has 0 radical (unpaired) electrons. The monoisotopic (exact) mass is 334 g/mol. The minimum atomic E-state index is -0.932. The summed E-state index contributed by atoms with van der Waals surface area (Å²) >= 11 is 1.41. The highest BCUT2D eigenvalue weighted by Crippen LogP contribution is 2.55. The molecule has 2 amide bonds. The summed E-state index contributed by atoms with van der Waals surface area (Å²) < 4.78 is 0. The van der Waals surface area contributed by atoms with E-state index in [1.165, 1.54) is 11.8 Å². The number of carboxylic acids is 1. The lowest BCUT2D eigenvalue weighted by Crippen LogP contribution is -2.54. The molecule has 1 saturated heterocycles. The van der Waals surface area contributed by atoms with Gasteiger partial charge in [0.1, 0.15) is 0 Å². The summed E-state index contributed by atoms with van der Waals surface area (Å²) in [6, 6.07) is 7.26. The Morgan fingerprint density at radius 2 is 2.17 bits per heavy atom. The number of carboxylic acid groups (broad SMARTS) is 1. The molecule has 23 heavy (non-hydrogen) atoms. The molecule has 2 heterocycles. The predicted octanol–water partition coefficient (Wildman–Crippen LogP) is 1.98. The van der Waals surface area contributed by atoms with Crippen molar-refractivity contribution in [3.8, 4) is 0 Å². The number of benzene rings is 1. The Balaban J connectivity index is 1.80. The van der Waals surface area contributed by atoms with Gasteiger partial charge in [-0.3, -0.25) is 19.3 Å². The normalized spacial score (nSPS) is 23.3. The molecule has 6 nitrogen and oxygen atoms in total. The molecule has 7 heteroatoms. The van der Waals surface area contributed by atoms with E-state index in [2.05, 4.69) is 5.32 Å². The van der Waals surface area contributed by atoms with Gasteiger partial charge < -0.3 is 10.4 Å². The Morgan fingerprint density at radius 1 is 1.43 bits per heavy atom. The lowest BCUT2D eigenvalue weighted by Gasteiger charge is -2.31. The van der Waals surface area contributed by atoms with Crippen molar-refractivity contribution in [1.29, 1.82) is 0 Å². The average molecular weight is 334 g/mol. The third kappa shape index (κ3) is 2.69. The van der Waals surface area contributed by atoms with E-state index in [1.54, 1.807) is 11.8 Å². The van der Waals surface area contributed by atoms with Gasteiger partial charge in [-0.1, -0.05) is 23.9 Å². The average Bonchev–Trinajstić information content (AvgIpc) is 3.01. The van der Waals surface area contributed by atoms with Crippen LogP contribution in [0.5, 0.6) is 0 Å². The van der Waals surface area contributed by atoms with E-state index in [4.69, 9.17) is 5.11 Å². The number of amides is 2.